The molecule has 4 rings (SSSR count). The van der Waals surface area contributed by atoms with Crippen LogP contribution in [0, 0.1) is 6.92 Å². The molecule has 0 saturated carbocycles. The minimum atomic E-state index is -0.149. The van der Waals surface area contributed by atoms with Crippen LogP contribution in [0.3, 0.4) is 0 Å². The zero-order valence-electron chi connectivity index (χ0n) is 16.1. The number of carbonyl (C=O) groups is 1. The van der Waals surface area contributed by atoms with Crippen molar-refractivity contribution in [1.82, 2.24) is 19.7 Å². The van der Waals surface area contributed by atoms with Gasteiger partial charge in [-0.2, -0.15) is 0 Å². The third kappa shape index (κ3) is 4.69. The summed E-state index contributed by atoms with van der Waals surface area (Å²) in [6.07, 6.45) is 3.46. The molecule has 2 aromatic carbocycles. The average molecular weight is 436 g/mol. The van der Waals surface area contributed by atoms with Gasteiger partial charge in [0.1, 0.15) is 0 Å². The first-order valence-corrected chi connectivity index (χ1v) is 10.6. The molecule has 150 valence electrons. The highest BCUT2D eigenvalue weighted by molar-refractivity contribution is 7.99. The Labute approximate surface area is 183 Å². The van der Waals surface area contributed by atoms with Crippen molar-refractivity contribution >= 4 is 35.0 Å². The molecule has 0 saturated heterocycles. The van der Waals surface area contributed by atoms with E-state index in [1.807, 2.05) is 47.9 Å². The number of amides is 1. The van der Waals surface area contributed by atoms with E-state index in [1.165, 1.54) is 11.8 Å². The number of anilines is 1. The molecule has 0 bridgehead atoms. The Morgan fingerprint density at radius 3 is 2.67 bits per heavy atom. The van der Waals surface area contributed by atoms with E-state index in [9.17, 15) is 4.79 Å². The lowest BCUT2D eigenvalue weighted by molar-refractivity contribution is -0.113. The smallest absolute Gasteiger partial charge is 0.234 e. The zero-order valence-corrected chi connectivity index (χ0v) is 17.7. The molecule has 30 heavy (non-hydrogen) atoms. The summed E-state index contributed by atoms with van der Waals surface area (Å²) in [4.78, 5) is 16.6. The van der Waals surface area contributed by atoms with Gasteiger partial charge in [-0.15, -0.1) is 10.2 Å². The Bertz CT molecular complexity index is 1160. The molecule has 1 amide bonds. The number of hydrogen-bond donors (Lipinski definition) is 1. The summed E-state index contributed by atoms with van der Waals surface area (Å²) in [6.45, 7) is 2.04. The van der Waals surface area contributed by atoms with Gasteiger partial charge in [-0.3, -0.25) is 14.3 Å². The van der Waals surface area contributed by atoms with Crippen molar-refractivity contribution < 1.29 is 4.79 Å². The molecule has 6 nitrogen and oxygen atoms in total. The van der Waals surface area contributed by atoms with Crippen molar-refractivity contribution in [2.75, 3.05) is 11.1 Å². The lowest BCUT2D eigenvalue weighted by atomic mass is 10.2. The van der Waals surface area contributed by atoms with Crippen LogP contribution >= 0.6 is 23.4 Å². The van der Waals surface area contributed by atoms with Gasteiger partial charge in [0.05, 0.1) is 5.75 Å². The van der Waals surface area contributed by atoms with Crippen LogP contribution in [0.1, 0.15) is 5.56 Å². The van der Waals surface area contributed by atoms with E-state index >= 15 is 0 Å². The molecule has 2 aromatic heterocycles. The van der Waals surface area contributed by atoms with Crippen molar-refractivity contribution in [2.24, 2.45) is 0 Å². The van der Waals surface area contributed by atoms with Gasteiger partial charge in [0, 0.05) is 34.4 Å². The van der Waals surface area contributed by atoms with Crippen LogP contribution in [0.25, 0.3) is 17.1 Å². The second-order valence-electron chi connectivity index (χ2n) is 6.57. The third-order valence-electron chi connectivity index (χ3n) is 4.29. The summed E-state index contributed by atoms with van der Waals surface area (Å²) in [5.74, 6) is 0.706. The predicted molar refractivity (Wildman–Crippen MR) is 120 cm³/mol. The number of benzene rings is 2. The number of pyridine rings is 1. The molecule has 0 aliphatic rings. The van der Waals surface area contributed by atoms with Gasteiger partial charge in [0.15, 0.2) is 11.0 Å². The van der Waals surface area contributed by atoms with E-state index in [-0.39, 0.29) is 11.7 Å². The first-order valence-electron chi connectivity index (χ1n) is 9.21. The topological polar surface area (TPSA) is 72.7 Å². The number of nitrogens with one attached hydrogen (secondary N) is 1. The average Bonchev–Trinajstić information content (AvgIpc) is 3.17. The van der Waals surface area contributed by atoms with Crippen LogP contribution < -0.4 is 5.32 Å². The maximum absolute atomic E-state index is 12.4. The van der Waals surface area contributed by atoms with E-state index in [1.54, 1.807) is 36.7 Å². The molecular weight excluding hydrogens is 418 g/mol. The number of nitrogens with zero attached hydrogens (tertiary/aromatic N) is 4. The van der Waals surface area contributed by atoms with Gasteiger partial charge in [-0.1, -0.05) is 47.1 Å². The maximum atomic E-state index is 12.4. The van der Waals surface area contributed by atoms with Crippen molar-refractivity contribution in [1.29, 1.82) is 0 Å². The summed E-state index contributed by atoms with van der Waals surface area (Å²) in [7, 11) is 0. The highest BCUT2D eigenvalue weighted by atomic mass is 35.5. The van der Waals surface area contributed by atoms with Gasteiger partial charge < -0.3 is 5.32 Å². The van der Waals surface area contributed by atoms with Crippen molar-refractivity contribution in [2.45, 2.75) is 12.1 Å². The van der Waals surface area contributed by atoms with Crippen molar-refractivity contribution in [3.05, 3.63) is 83.6 Å². The monoisotopic (exact) mass is 435 g/mol. The molecule has 0 atom stereocenters. The largest absolute Gasteiger partial charge is 0.325 e. The number of rotatable bonds is 6. The Morgan fingerprint density at radius 1 is 1.10 bits per heavy atom. The fourth-order valence-corrected chi connectivity index (χ4v) is 3.81. The van der Waals surface area contributed by atoms with Crippen molar-refractivity contribution in [3.63, 3.8) is 0 Å². The lowest BCUT2D eigenvalue weighted by Gasteiger charge is -2.11. The standard InChI is InChI=1S/C22H18ClN5OS/c1-15-7-9-19(10-8-15)28-21(16-4-3-11-24-13-16)26-27-22(28)30-14-20(29)25-18-6-2-5-17(23)12-18/h2-13H,14H2,1H3,(H,25,29). The maximum Gasteiger partial charge on any atom is 0.234 e. The summed E-state index contributed by atoms with van der Waals surface area (Å²) >= 11 is 7.30. The van der Waals surface area contributed by atoms with E-state index < -0.39 is 0 Å². The molecule has 1 N–H and O–H groups in total. The predicted octanol–water partition coefficient (Wildman–Crippen LogP) is 5.02. The van der Waals surface area contributed by atoms with Crippen molar-refractivity contribution in [3.8, 4) is 17.1 Å². The lowest BCUT2D eigenvalue weighted by Crippen LogP contribution is -2.14. The highest BCUT2D eigenvalue weighted by Gasteiger charge is 2.17. The number of halogens is 1. The molecule has 0 unspecified atom stereocenters. The molecular formula is C22H18ClN5OS. The van der Waals surface area contributed by atoms with E-state index in [2.05, 4.69) is 20.5 Å². The number of hydrogen-bond acceptors (Lipinski definition) is 5. The third-order valence-corrected chi connectivity index (χ3v) is 5.45. The zero-order chi connectivity index (χ0) is 20.9. The summed E-state index contributed by atoms with van der Waals surface area (Å²) in [5, 5.41) is 12.7. The normalized spacial score (nSPS) is 10.7. The van der Waals surface area contributed by atoms with Gasteiger partial charge in [0.25, 0.3) is 0 Å². The quantitative estimate of drug-likeness (QED) is 0.430. The van der Waals surface area contributed by atoms with Crippen LogP contribution in [0.2, 0.25) is 5.02 Å². The van der Waals surface area contributed by atoms with E-state index in [0.717, 1.165) is 16.8 Å². The second-order valence-corrected chi connectivity index (χ2v) is 7.94. The van der Waals surface area contributed by atoms with Gasteiger partial charge >= 0.3 is 0 Å². The Balaban J connectivity index is 1.59. The Kier molecular flexibility index (Phi) is 6.11. The fourth-order valence-electron chi connectivity index (χ4n) is 2.87. The summed E-state index contributed by atoms with van der Waals surface area (Å²) in [5.41, 5.74) is 3.58. The van der Waals surface area contributed by atoms with Gasteiger partial charge in [0.2, 0.25) is 5.91 Å². The molecule has 0 radical (unpaired) electrons. The number of carbonyl (C=O) groups excluding carboxylic acids is 1. The summed E-state index contributed by atoms with van der Waals surface area (Å²) in [6, 6.07) is 18.9. The van der Waals surface area contributed by atoms with Crippen LogP contribution in [0.4, 0.5) is 5.69 Å². The van der Waals surface area contributed by atoms with Gasteiger partial charge in [-0.25, -0.2) is 0 Å². The number of thioether (sulfide) groups is 1. The van der Waals surface area contributed by atoms with Crippen LogP contribution in [0.5, 0.6) is 0 Å². The Morgan fingerprint density at radius 2 is 1.93 bits per heavy atom. The second kappa shape index (κ2) is 9.11. The fraction of sp³-hybridized carbons (Fsp3) is 0.0909. The van der Waals surface area contributed by atoms with E-state index in [4.69, 9.17) is 11.6 Å². The molecule has 0 aliphatic heterocycles. The molecule has 0 aliphatic carbocycles. The van der Waals surface area contributed by atoms with Crippen LogP contribution in [-0.2, 0) is 4.79 Å². The SMILES string of the molecule is Cc1ccc(-n2c(SCC(=O)Nc3cccc(Cl)c3)nnc2-c2cccnc2)cc1. The highest BCUT2D eigenvalue weighted by Crippen LogP contribution is 2.28. The molecule has 0 fully saturated rings. The van der Waals surface area contributed by atoms with Crippen LogP contribution in [0.15, 0.2) is 78.2 Å². The summed E-state index contributed by atoms with van der Waals surface area (Å²) < 4.78 is 1.94. The number of aryl methyl sites for hydroxylation is 1. The molecule has 0 spiro atoms. The van der Waals surface area contributed by atoms with Crippen LogP contribution in [-0.4, -0.2) is 31.4 Å². The molecule has 8 heteroatoms. The number of aromatic nitrogens is 4. The Hall–Kier alpha value is -3.16. The molecule has 2 heterocycles. The minimum absolute atomic E-state index is 0.149. The first-order chi connectivity index (χ1) is 14.6. The van der Waals surface area contributed by atoms with E-state index in [0.29, 0.717) is 21.7 Å². The molecule has 4 aromatic rings. The first kappa shape index (κ1) is 20.1. The van der Waals surface area contributed by atoms with Gasteiger partial charge in [-0.05, 0) is 49.4 Å². The minimum Gasteiger partial charge on any atom is -0.325 e.